The number of hydrogen-bond donors (Lipinski definition) is 1. The van der Waals surface area contributed by atoms with E-state index in [0.29, 0.717) is 29.9 Å². The maximum atomic E-state index is 16.9. The van der Waals surface area contributed by atoms with Crippen molar-refractivity contribution in [3.05, 3.63) is 53.5 Å². The van der Waals surface area contributed by atoms with Gasteiger partial charge in [-0.3, -0.25) is 9.89 Å². The Morgan fingerprint density at radius 1 is 1.09 bits per heavy atom. The van der Waals surface area contributed by atoms with Crippen molar-refractivity contribution < 1.29 is 13.9 Å². The highest BCUT2D eigenvalue weighted by Crippen LogP contribution is 2.43. The third-order valence-electron chi connectivity index (χ3n) is 9.45. The van der Waals surface area contributed by atoms with E-state index in [-0.39, 0.29) is 46.2 Å². The third kappa shape index (κ3) is 5.07. The van der Waals surface area contributed by atoms with Crippen molar-refractivity contribution in [2.75, 3.05) is 31.1 Å². The molecular formula is C33H37ClFN7O2. The van der Waals surface area contributed by atoms with Crippen molar-refractivity contribution in [3.8, 4) is 17.1 Å². The lowest BCUT2D eigenvalue weighted by molar-refractivity contribution is -0.128. The Balaban J connectivity index is 1.34. The van der Waals surface area contributed by atoms with Crippen molar-refractivity contribution in [1.82, 2.24) is 30.0 Å². The lowest BCUT2D eigenvalue weighted by atomic mass is 9.95. The van der Waals surface area contributed by atoms with Gasteiger partial charge in [0, 0.05) is 66.2 Å². The van der Waals surface area contributed by atoms with E-state index in [4.69, 9.17) is 26.3 Å². The molecule has 3 fully saturated rings. The largest absolute Gasteiger partial charge is 0.460 e. The summed E-state index contributed by atoms with van der Waals surface area (Å²) in [5.74, 6) is -0.0841. The fraction of sp³-hybridized carbons (Fsp3) is 0.455. The molecule has 0 unspecified atom stereocenters. The van der Waals surface area contributed by atoms with Gasteiger partial charge >= 0.3 is 6.01 Å². The van der Waals surface area contributed by atoms with Crippen LogP contribution in [0.5, 0.6) is 6.01 Å². The van der Waals surface area contributed by atoms with Crippen LogP contribution in [0.1, 0.15) is 45.1 Å². The first kappa shape index (κ1) is 29.0. The molecule has 4 aromatic rings. The number of piperazine rings is 1. The van der Waals surface area contributed by atoms with Crippen molar-refractivity contribution in [2.24, 2.45) is 0 Å². The molecule has 44 heavy (non-hydrogen) atoms. The number of anilines is 1. The molecule has 9 nitrogen and oxygen atoms in total. The van der Waals surface area contributed by atoms with Gasteiger partial charge in [0.1, 0.15) is 17.4 Å². The number of aromatic amines is 1. The zero-order valence-corrected chi connectivity index (χ0v) is 26.1. The van der Waals surface area contributed by atoms with Crippen LogP contribution in [0.4, 0.5) is 10.2 Å². The first-order valence-electron chi connectivity index (χ1n) is 15.5. The van der Waals surface area contributed by atoms with Crippen LogP contribution < -0.4 is 9.64 Å². The number of halogens is 2. The maximum Gasteiger partial charge on any atom is 0.319 e. The molecule has 1 aliphatic carbocycles. The summed E-state index contributed by atoms with van der Waals surface area (Å²) in [6.45, 7) is 12.6. The predicted molar refractivity (Wildman–Crippen MR) is 171 cm³/mol. The van der Waals surface area contributed by atoms with Gasteiger partial charge in [-0.2, -0.15) is 15.1 Å². The zero-order chi connectivity index (χ0) is 30.7. The second-order valence-electron chi connectivity index (χ2n) is 12.5. The highest BCUT2D eigenvalue weighted by atomic mass is 35.5. The molecule has 230 valence electrons. The number of fused-ring (bicyclic) bond motifs is 2. The number of nitrogens with one attached hydrogen (secondary N) is 1. The van der Waals surface area contributed by atoms with Gasteiger partial charge in [-0.05, 0) is 70.2 Å². The number of amides is 1. The minimum atomic E-state index is -0.525. The quantitative estimate of drug-likeness (QED) is 0.270. The van der Waals surface area contributed by atoms with Crippen LogP contribution in [0, 0.1) is 12.7 Å². The summed E-state index contributed by atoms with van der Waals surface area (Å²) in [7, 11) is 0. The Bertz CT molecular complexity index is 1760. The van der Waals surface area contributed by atoms with Gasteiger partial charge in [-0.15, -0.1) is 0 Å². The number of carbonyl (C=O) groups is 1. The molecule has 1 amide bonds. The van der Waals surface area contributed by atoms with E-state index in [1.54, 1.807) is 12.3 Å². The monoisotopic (exact) mass is 617 g/mol. The van der Waals surface area contributed by atoms with Gasteiger partial charge in [0.2, 0.25) is 5.91 Å². The number of ether oxygens (including phenoxy) is 1. The summed E-state index contributed by atoms with van der Waals surface area (Å²) in [6.07, 6.45) is 7.29. The highest BCUT2D eigenvalue weighted by molar-refractivity contribution is 6.35. The van der Waals surface area contributed by atoms with Gasteiger partial charge in [-0.25, -0.2) is 4.39 Å². The Morgan fingerprint density at radius 2 is 1.86 bits per heavy atom. The number of H-pyrrole nitrogens is 1. The Kier molecular flexibility index (Phi) is 7.45. The van der Waals surface area contributed by atoms with Crippen molar-refractivity contribution in [1.29, 1.82) is 0 Å². The van der Waals surface area contributed by atoms with E-state index in [9.17, 15) is 4.79 Å². The number of benzene rings is 2. The van der Waals surface area contributed by atoms with Crippen LogP contribution in [-0.4, -0.2) is 86.3 Å². The molecule has 2 aromatic carbocycles. The molecule has 2 aliphatic heterocycles. The van der Waals surface area contributed by atoms with Crippen molar-refractivity contribution in [3.63, 3.8) is 0 Å². The number of rotatable bonds is 6. The zero-order valence-electron chi connectivity index (χ0n) is 25.3. The number of likely N-dealkylation sites (tertiary alicyclic amines) is 1. The number of hydrogen-bond acceptors (Lipinski definition) is 7. The van der Waals surface area contributed by atoms with E-state index in [1.807, 2.05) is 37.8 Å². The summed E-state index contributed by atoms with van der Waals surface area (Å²) in [5, 5.41) is 8.71. The molecule has 2 saturated heterocycles. The molecule has 7 rings (SSSR count). The Hall–Kier alpha value is -3.76. The number of carbonyl (C=O) groups excluding carboxylic acids is 1. The number of nitrogens with zero attached hydrogens (tertiary/aromatic N) is 6. The second-order valence-corrected chi connectivity index (χ2v) is 12.9. The van der Waals surface area contributed by atoms with E-state index in [2.05, 4.69) is 26.6 Å². The van der Waals surface area contributed by atoms with Crippen LogP contribution >= 0.6 is 11.6 Å². The third-order valence-corrected chi connectivity index (χ3v) is 9.75. The molecule has 0 bridgehead atoms. The van der Waals surface area contributed by atoms with E-state index in [1.165, 1.54) is 18.9 Å². The lowest BCUT2D eigenvalue weighted by Gasteiger charge is -2.44. The number of aromatic nitrogens is 4. The second kappa shape index (κ2) is 11.3. The Labute approximate surface area is 261 Å². The van der Waals surface area contributed by atoms with Crippen LogP contribution in [0.3, 0.4) is 0 Å². The molecule has 3 aliphatic rings. The first-order chi connectivity index (χ1) is 21.2. The molecular weight excluding hydrogens is 581 g/mol. The van der Waals surface area contributed by atoms with Gasteiger partial charge in [-0.1, -0.05) is 24.2 Å². The molecule has 4 heterocycles. The van der Waals surface area contributed by atoms with E-state index >= 15 is 4.39 Å². The van der Waals surface area contributed by atoms with Crippen LogP contribution in [-0.2, 0) is 4.79 Å². The van der Waals surface area contributed by atoms with Gasteiger partial charge in [0.15, 0.2) is 5.82 Å². The summed E-state index contributed by atoms with van der Waals surface area (Å²) in [4.78, 5) is 28.6. The summed E-state index contributed by atoms with van der Waals surface area (Å²) in [5.41, 5.74) is 2.77. The molecule has 2 atom stereocenters. The normalized spacial score (nSPS) is 21.8. The van der Waals surface area contributed by atoms with Crippen LogP contribution in [0.15, 0.2) is 37.1 Å². The van der Waals surface area contributed by atoms with Crippen LogP contribution in [0.2, 0.25) is 5.02 Å². The minimum absolute atomic E-state index is 0.0505. The molecule has 11 heteroatoms. The smallest absolute Gasteiger partial charge is 0.319 e. The van der Waals surface area contributed by atoms with Gasteiger partial charge in [0.05, 0.1) is 16.7 Å². The van der Waals surface area contributed by atoms with E-state index in [0.717, 1.165) is 48.4 Å². The van der Waals surface area contributed by atoms with E-state index < -0.39 is 5.82 Å². The van der Waals surface area contributed by atoms with Gasteiger partial charge in [0.25, 0.3) is 0 Å². The average molecular weight is 618 g/mol. The molecule has 1 N–H and O–H groups in total. The topological polar surface area (TPSA) is 90.5 Å². The summed E-state index contributed by atoms with van der Waals surface area (Å²) < 4.78 is 23.3. The first-order valence-corrected chi connectivity index (χ1v) is 15.8. The van der Waals surface area contributed by atoms with Crippen molar-refractivity contribution >= 4 is 45.1 Å². The van der Waals surface area contributed by atoms with Crippen LogP contribution in [0.25, 0.3) is 32.9 Å². The lowest BCUT2D eigenvalue weighted by Crippen LogP contribution is -2.58. The average Bonchev–Trinajstić information content (AvgIpc) is 3.76. The summed E-state index contributed by atoms with van der Waals surface area (Å²) in [6, 6.07) is 6.28. The molecule has 0 spiro atoms. The minimum Gasteiger partial charge on any atom is -0.460 e. The Morgan fingerprint density at radius 3 is 2.59 bits per heavy atom. The standard InChI is InChI=1S/C33H37ClFN7O2/c1-5-27(43)41-16-20(4)42(17-19(41)3)32-23-14-25(34)29(28-18(2)6-9-26-24(28)15-36-39-26)30(35)31(23)37-33(38-32)44-22-10-12-40(13-11-22)21-7-8-21/h5-6,9,14-15,19-22H,1,7-8,10-13,16-17H2,2-4H3,(H,36,39)/t19-,20+/m1/s1. The molecule has 0 radical (unpaired) electrons. The van der Waals surface area contributed by atoms with Crippen molar-refractivity contribution in [2.45, 2.75) is 70.7 Å². The fourth-order valence-corrected chi connectivity index (χ4v) is 7.20. The maximum absolute atomic E-state index is 16.9. The number of piperidine rings is 1. The van der Waals surface area contributed by atoms with Gasteiger partial charge < -0.3 is 19.4 Å². The predicted octanol–water partition coefficient (Wildman–Crippen LogP) is 5.89. The summed E-state index contributed by atoms with van der Waals surface area (Å²) >= 11 is 6.94. The highest BCUT2D eigenvalue weighted by Gasteiger charge is 2.35. The number of aryl methyl sites for hydroxylation is 1. The molecule has 1 saturated carbocycles. The molecule has 2 aromatic heterocycles. The fourth-order valence-electron chi connectivity index (χ4n) is 6.91. The SMILES string of the molecule is C=CC(=O)N1C[C@H](C)N(c2nc(OC3CCN(C4CC4)CC3)nc3c(F)c(-c4c(C)ccc5[nH]ncc45)c(Cl)cc23)C[C@H]1C.